The van der Waals surface area contributed by atoms with Gasteiger partial charge in [0, 0.05) is 77.8 Å². The van der Waals surface area contributed by atoms with Crippen molar-refractivity contribution in [3.05, 3.63) is 57.1 Å². The summed E-state index contributed by atoms with van der Waals surface area (Å²) < 4.78 is 0. The van der Waals surface area contributed by atoms with E-state index in [9.17, 15) is 4.79 Å². The fourth-order valence-electron chi connectivity index (χ4n) is 5.24. The van der Waals surface area contributed by atoms with Crippen LogP contribution >= 0.6 is 23.2 Å². The smallest absolute Gasteiger partial charge is 0.166 e. The molecule has 0 radical (unpaired) electrons. The van der Waals surface area contributed by atoms with Gasteiger partial charge in [-0.25, -0.2) is 9.97 Å². The van der Waals surface area contributed by atoms with Gasteiger partial charge >= 0.3 is 0 Å². The van der Waals surface area contributed by atoms with E-state index in [-0.39, 0.29) is 12.1 Å². The molecule has 2 aromatic heterocycles. The molecule has 2 aliphatic rings. The highest BCUT2D eigenvalue weighted by Gasteiger charge is 2.32. The molecule has 2 fully saturated rings. The third-order valence-corrected chi connectivity index (χ3v) is 8.79. The Kier molecular flexibility index (Phi) is 9.36. The molecule has 0 saturated carbocycles. The Labute approximate surface area is 225 Å². The second kappa shape index (κ2) is 12.3. The molecule has 2 atom stereocenters. The molecule has 7 nitrogen and oxygen atoms in total. The van der Waals surface area contributed by atoms with Gasteiger partial charge in [0.05, 0.1) is 12.1 Å². The molecule has 2 saturated heterocycles. The van der Waals surface area contributed by atoms with Gasteiger partial charge in [0.1, 0.15) is 10.3 Å². The summed E-state index contributed by atoms with van der Waals surface area (Å²) in [5, 5.41) is 1.16. The Morgan fingerprint density at radius 2 is 1.11 bits per heavy atom. The maximum Gasteiger partial charge on any atom is 0.166 e. The Morgan fingerprint density at radius 3 is 1.47 bits per heavy atom. The van der Waals surface area contributed by atoms with Crippen LogP contribution in [0.4, 0.5) is 0 Å². The van der Waals surface area contributed by atoms with Crippen LogP contribution in [0.15, 0.2) is 24.5 Å². The van der Waals surface area contributed by atoms with Crippen molar-refractivity contribution in [3.63, 3.8) is 0 Å². The van der Waals surface area contributed by atoms with E-state index in [1.165, 1.54) is 11.1 Å². The van der Waals surface area contributed by atoms with Gasteiger partial charge in [0.2, 0.25) is 0 Å². The van der Waals surface area contributed by atoms with Crippen LogP contribution in [0.3, 0.4) is 0 Å². The minimum Gasteiger partial charge on any atom is -0.297 e. The standard InChI is InChI=1S/C27H38Cl2N6O/c1-19-23(5-7-30-26(19)28)17-32-9-13-34(14-10-32)21(3)25(36)22(4)35-15-11-33(12-16-35)18-24-6-8-31-27(29)20(24)2/h5-8,21-22H,9-18H2,1-4H3. The molecule has 0 bridgehead atoms. The molecule has 4 rings (SSSR count). The number of pyridine rings is 2. The van der Waals surface area contributed by atoms with Gasteiger partial charge in [-0.05, 0) is 62.1 Å². The SMILES string of the molecule is Cc1c(CN2CCN(C(C)C(=O)C(C)N3CCN(Cc4ccnc(Cl)c4C)CC3)CC2)ccnc1Cl. The van der Waals surface area contributed by atoms with E-state index in [4.69, 9.17) is 23.2 Å². The van der Waals surface area contributed by atoms with E-state index in [1.54, 1.807) is 12.4 Å². The second-order valence-electron chi connectivity index (χ2n) is 10.2. The van der Waals surface area contributed by atoms with Crippen molar-refractivity contribution in [2.24, 2.45) is 0 Å². The zero-order valence-corrected chi connectivity index (χ0v) is 23.4. The summed E-state index contributed by atoms with van der Waals surface area (Å²) in [5.74, 6) is 0.324. The molecule has 2 aromatic rings. The normalized spacial score (nSPS) is 20.4. The number of halogens is 2. The fourth-order valence-corrected chi connectivity index (χ4v) is 5.60. The van der Waals surface area contributed by atoms with Gasteiger partial charge in [-0.2, -0.15) is 0 Å². The van der Waals surface area contributed by atoms with E-state index in [2.05, 4.69) is 55.5 Å². The Hall–Kier alpha value is -1.61. The number of carbonyl (C=O) groups is 1. The zero-order chi connectivity index (χ0) is 25.8. The predicted molar refractivity (Wildman–Crippen MR) is 146 cm³/mol. The quantitative estimate of drug-likeness (QED) is 0.480. The molecule has 36 heavy (non-hydrogen) atoms. The molecule has 9 heteroatoms. The number of piperazine rings is 2. The van der Waals surface area contributed by atoms with Crippen LogP contribution in [0.2, 0.25) is 10.3 Å². The molecule has 2 unspecified atom stereocenters. The van der Waals surface area contributed by atoms with Crippen LogP contribution in [0.25, 0.3) is 0 Å². The largest absolute Gasteiger partial charge is 0.297 e. The predicted octanol–water partition coefficient (Wildman–Crippen LogP) is 3.68. The van der Waals surface area contributed by atoms with E-state index in [1.807, 2.05) is 13.8 Å². The Bertz CT molecular complexity index is 969. The number of hydrogen-bond donors (Lipinski definition) is 0. The lowest BCUT2D eigenvalue weighted by Gasteiger charge is -2.41. The van der Waals surface area contributed by atoms with Crippen molar-refractivity contribution >= 4 is 29.0 Å². The highest BCUT2D eigenvalue weighted by atomic mass is 35.5. The van der Waals surface area contributed by atoms with E-state index >= 15 is 0 Å². The lowest BCUT2D eigenvalue weighted by molar-refractivity contribution is -0.130. The number of rotatable bonds is 8. The Balaban J connectivity index is 1.23. The maximum atomic E-state index is 13.4. The lowest BCUT2D eigenvalue weighted by Crippen LogP contribution is -2.57. The molecule has 2 aliphatic heterocycles. The average Bonchev–Trinajstić information content (AvgIpc) is 2.89. The minimum absolute atomic E-state index is 0.0705. The van der Waals surface area contributed by atoms with E-state index in [0.717, 1.165) is 76.6 Å². The highest BCUT2D eigenvalue weighted by Crippen LogP contribution is 2.21. The van der Waals surface area contributed by atoms with Crippen molar-refractivity contribution in [3.8, 4) is 0 Å². The van der Waals surface area contributed by atoms with Crippen molar-refractivity contribution in [1.29, 1.82) is 0 Å². The van der Waals surface area contributed by atoms with Gasteiger partial charge in [-0.1, -0.05) is 23.2 Å². The molecule has 0 aliphatic carbocycles. The van der Waals surface area contributed by atoms with Crippen molar-refractivity contribution < 1.29 is 4.79 Å². The summed E-state index contributed by atoms with van der Waals surface area (Å²) in [4.78, 5) is 31.3. The van der Waals surface area contributed by atoms with Gasteiger partial charge in [0.15, 0.2) is 5.78 Å². The first-order valence-corrected chi connectivity index (χ1v) is 13.7. The summed E-state index contributed by atoms with van der Waals surface area (Å²) in [6, 6.07) is 3.96. The summed E-state index contributed by atoms with van der Waals surface area (Å²) in [5.41, 5.74) is 4.56. The topological polar surface area (TPSA) is 55.8 Å². The van der Waals surface area contributed by atoms with Gasteiger partial charge < -0.3 is 0 Å². The van der Waals surface area contributed by atoms with Crippen LogP contribution < -0.4 is 0 Å². The molecule has 0 aromatic carbocycles. The van der Waals surface area contributed by atoms with Crippen LogP contribution in [-0.2, 0) is 17.9 Å². The third kappa shape index (κ3) is 6.44. The first-order valence-electron chi connectivity index (χ1n) is 12.9. The number of hydrogen-bond acceptors (Lipinski definition) is 7. The van der Waals surface area contributed by atoms with E-state index in [0.29, 0.717) is 16.1 Å². The molecule has 196 valence electrons. The van der Waals surface area contributed by atoms with Crippen LogP contribution in [-0.4, -0.2) is 99.8 Å². The summed E-state index contributed by atoms with van der Waals surface area (Å²) in [6.07, 6.45) is 3.55. The summed E-state index contributed by atoms with van der Waals surface area (Å²) in [6.45, 7) is 17.3. The Morgan fingerprint density at radius 1 is 0.750 bits per heavy atom. The molecule has 4 heterocycles. The maximum absolute atomic E-state index is 13.4. The van der Waals surface area contributed by atoms with Gasteiger partial charge in [-0.3, -0.25) is 24.4 Å². The summed E-state index contributed by atoms with van der Waals surface area (Å²) >= 11 is 12.4. The average molecular weight is 534 g/mol. The highest BCUT2D eigenvalue weighted by molar-refractivity contribution is 6.30. The molecule has 0 spiro atoms. The van der Waals surface area contributed by atoms with Gasteiger partial charge in [-0.15, -0.1) is 0 Å². The van der Waals surface area contributed by atoms with Crippen LogP contribution in [0, 0.1) is 13.8 Å². The number of ketones is 1. The number of carbonyl (C=O) groups excluding carboxylic acids is 1. The minimum atomic E-state index is -0.0705. The second-order valence-corrected chi connectivity index (χ2v) is 10.9. The van der Waals surface area contributed by atoms with Crippen molar-refractivity contribution in [2.45, 2.75) is 52.9 Å². The molecule has 0 N–H and O–H groups in total. The lowest BCUT2D eigenvalue weighted by atomic mass is 10.0. The van der Waals surface area contributed by atoms with Gasteiger partial charge in [0.25, 0.3) is 0 Å². The first kappa shape index (κ1) is 27.4. The monoisotopic (exact) mass is 532 g/mol. The van der Waals surface area contributed by atoms with Crippen molar-refractivity contribution in [2.75, 3.05) is 52.4 Å². The first-order chi connectivity index (χ1) is 17.2. The molecular formula is C27H38Cl2N6O. The van der Waals surface area contributed by atoms with E-state index < -0.39 is 0 Å². The molecule has 0 amide bonds. The number of aromatic nitrogens is 2. The van der Waals surface area contributed by atoms with Crippen LogP contribution in [0.1, 0.15) is 36.1 Å². The molecular weight excluding hydrogens is 495 g/mol. The third-order valence-electron chi connectivity index (χ3n) is 8.03. The van der Waals surface area contributed by atoms with Crippen molar-refractivity contribution in [1.82, 2.24) is 29.6 Å². The number of nitrogens with zero attached hydrogens (tertiary/aromatic N) is 6. The summed E-state index contributed by atoms with van der Waals surface area (Å²) in [7, 11) is 0. The number of Topliss-reactive ketones (excluding diaryl/α,β-unsaturated/α-hetero) is 1. The zero-order valence-electron chi connectivity index (χ0n) is 21.9. The van der Waals surface area contributed by atoms with Crippen LogP contribution in [0.5, 0.6) is 0 Å². The fraction of sp³-hybridized carbons (Fsp3) is 0.593.